The van der Waals surface area contributed by atoms with E-state index >= 15 is 0 Å². The minimum Gasteiger partial charge on any atom is -0.381 e. The van der Waals surface area contributed by atoms with Crippen molar-refractivity contribution in [1.29, 1.82) is 0 Å². The summed E-state index contributed by atoms with van der Waals surface area (Å²) in [6.07, 6.45) is 5.56. The van der Waals surface area contributed by atoms with E-state index in [1.165, 1.54) is 44.5 Å². The molecule has 2 nitrogen and oxygen atoms in total. The van der Waals surface area contributed by atoms with Crippen LogP contribution in [0.1, 0.15) is 38.2 Å². The van der Waals surface area contributed by atoms with Crippen molar-refractivity contribution in [3.63, 3.8) is 0 Å². The van der Waals surface area contributed by atoms with Crippen LogP contribution in [0.25, 0.3) is 0 Å². The third-order valence-corrected chi connectivity index (χ3v) is 6.92. The van der Waals surface area contributed by atoms with E-state index in [4.69, 9.17) is 0 Å². The molecule has 1 aromatic carbocycles. The molecule has 5 atom stereocenters. The Morgan fingerprint density at radius 1 is 1.30 bits per heavy atom. The van der Waals surface area contributed by atoms with Crippen LogP contribution in [0.15, 0.2) is 24.3 Å². The molecule has 2 bridgehead atoms. The van der Waals surface area contributed by atoms with Gasteiger partial charge < -0.3 is 5.32 Å². The van der Waals surface area contributed by atoms with Gasteiger partial charge in [-0.25, -0.2) is 0 Å². The van der Waals surface area contributed by atoms with Gasteiger partial charge in [-0.1, -0.05) is 31.5 Å². The second-order valence-electron chi connectivity index (χ2n) is 7.37. The van der Waals surface area contributed by atoms with Crippen molar-refractivity contribution in [3.05, 3.63) is 29.8 Å². The number of anilines is 1. The molecule has 3 aliphatic heterocycles. The van der Waals surface area contributed by atoms with Crippen LogP contribution >= 0.6 is 0 Å². The zero-order chi connectivity index (χ0) is 13.3. The lowest BCUT2D eigenvalue weighted by atomic mass is 9.56. The Hall–Kier alpha value is -1.02. The first kappa shape index (κ1) is 11.6. The van der Waals surface area contributed by atoms with Gasteiger partial charge in [0.15, 0.2) is 0 Å². The molecule has 1 aliphatic carbocycles. The molecule has 106 valence electrons. The van der Waals surface area contributed by atoms with Crippen molar-refractivity contribution < 1.29 is 0 Å². The van der Waals surface area contributed by atoms with E-state index in [1.807, 2.05) is 0 Å². The van der Waals surface area contributed by atoms with E-state index in [0.717, 1.165) is 17.9 Å². The normalized spacial score (nSPS) is 44.9. The molecule has 1 saturated carbocycles. The van der Waals surface area contributed by atoms with Crippen LogP contribution in [-0.2, 0) is 5.41 Å². The first-order valence-corrected chi connectivity index (χ1v) is 8.44. The molecule has 0 aromatic heterocycles. The number of hydrogen-bond donors (Lipinski definition) is 1. The number of fused-ring (bicyclic) bond motifs is 2. The molecular weight excluding hydrogens is 244 g/mol. The molecule has 0 unspecified atom stereocenters. The summed E-state index contributed by atoms with van der Waals surface area (Å²) in [5.74, 6) is 1.88. The summed E-state index contributed by atoms with van der Waals surface area (Å²) < 4.78 is 0. The van der Waals surface area contributed by atoms with E-state index in [1.54, 1.807) is 5.56 Å². The maximum absolute atomic E-state index is 3.90. The fourth-order valence-corrected chi connectivity index (χ4v) is 6.26. The molecule has 2 saturated heterocycles. The fraction of sp³-hybridized carbons (Fsp3) is 0.667. The average Bonchev–Trinajstić information content (AvgIpc) is 3.03. The quantitative estimate of drug-likeness (QED) is 0.841. The summed E-state index contributed by atoms with van der Waals surface area (Å²) in [6.45, 7) is 5.09. The van der Waals surface area contributed by atoms with Crippen molar-refractivity contribution in [3.8, 4) is 0 Å². The van der Waals surface area contributed by atoms with Crippen molar-refractivity contribution in [2.45, 2.75) is 50.1 Å². The first-order valence-electron chi connectivity index (χ1n) is 8.44. The van der Waals surface area contributed by atoms with Gasteiger partial charge in [0.25, 0.3) is 0 Å². The second-order valence-corrected chi connectivity index (χ2v) is 7.37. The van der Waals surface area contributed by atoms with Crippen LogP contribution in [0.5, 0.6) is 0 Å². The maximum atomic E-state index is 3.90. The third-order valence-electron chi connectivity index (χ3n) is 6.92. The maximum Gasteiger partial charge on any atom is 0.0382 e. The Bertz CT molecular complexity index is 554. The lowest BCUT2D eigenvalue weighted by Crippen LogP contribution is -2.62. The molecule has 2 heteroatoms. The van der Waals surface area contributed by atoms with Crippen molar-refractivity contribution >= 4 is 5.69 Å². The van der Waals surface area contributed by atoms with Crippen LogP contribution in [0, 0.1) is 11.8 Å². The van der Waals surface area contributed by atoms with Crippen LogP contribution in [0.4, 0.5) is 5.69 Å². The lowest BCUT2D eigenvalue weighted by molar-refractivity contribution is -0.000254. The van der Waals surface area contributed by atoms with Crippen LogP contribution in [0.2, 0.25) is 0 Å². The SMILES string of the molecule is CC[C@H]1[C@H]2CCN3CC[C@@]4(c5ccccc5N[C@H]4C2)[C@@H]13. The highest BCUT2D eigenvalue weighted by molar-refractivity contribution is 5.64. The molecule has 3 fully saturated rings. The minimum absolute atomic E-state index is 0.425. The Morgan fingerprint density at radius 3 is 3.10 bits per heavy atom. The van der Waals surface area contributed by atoms with Crippen molar-refractivity contribution in [1.82, 2.24) is 4.90 Å². The summed E-state index contributed by atoms with van der Waals surface area (Å²) in [5, 5.41) is 3.90. The van der Waals surface area contributed by atoms with E-state index in [0.29, 0.717) is 11.5 Å². The van der Waals surface area contributed by atoms with Gasteiger partial charge in [0.2, 0.25) is 0 Å². The van der Waals surface area contributed by atoms with Crippen LogP contribution < -0.4 is 5.32 Å². The number of nitrogens with one attached hydrogen (secondary N) is 1. The van der Waals surface area contributed by atoms with E-state index < -0.39 is 0 Å². The topological polar surface area (TPSA) is 15.3 Å². The molecule has 5 rings (SSSR count). The predicted molar refractivity (Wildman–Crippen MR) is 82.0 cm³/mol. The van der Waals surface area contributed by atoms with E-state index in [9.17, 15) is 0 Å². The summed E-state index contributed by atoms with van der Waals surface area (Å²) in [4.78, 5) is 2.83. The van der Waals surface area contributed by atoms with Crippen molar-refractivity contribution in [2.24, 2.45) is 11.8 Å². The smallest absolute Gasteiger partial charge is 0.0382 e. The van der Waals surface area contributed by atoms with E-state index in [2.05, 4.69) is 41.4 Å². The number of rotatable bonds is 1. The largest absolute Gasteiger partial charge is 0.381 e. The highest BCUT2D eigenvalue weighted by Gasteiger charge is 2.64. The Balaban J connectivity index is 1.72. The van der Waals surface area contributed by atoms with Gasteiger partial charge in [-0.05, 0) is 55.8 Å². The Morgan fingerprint density at radius 2 is 2.20 bits per heavy atom. The molecule has 3 heterocycles. The molecule has 0 amide bonds. The number of piperidine rings is 1. The number of benzene rings is 1. The summed E-state index contributed by atoms with van der Waals surface area (Å²) >= 11 is 0. The molecule has 20 heavy (non-hydrogen) atoms. The predicted octanol–water partition coefficient (Wildman–Crippen LogP) is 3.24. The highest BCUT2D eigenvalue weighted by atomic mass is 15.2. The number of hydrogen-bond acceptors (Lipinski definition) is 2. The summed E-state index contributed by atoms with van der Waals surface area (Å²) in [7, 11) is 0. The van der Waals surface area contributed by atoms with Gasteiger partial charge in [-0.3, -0.25) is 4.90 Å². The molecule has 1 aromatic rings. The monoisotopic (exact) mass is 268 g/mol. The average molecular weight is 268 g/mol. The van der Waals surface area contributed by atoms with Crippen molar-refractivity contribution in [2.75, 3.05) is 18.4 Å². The van der Waals surface area contributed by atoms with Gasteiger partial charge in [-0.15, -0.1) is 0 Å². The number of para-hydroxylation sites is 1. The third kappa shape index (κ3) is 1.17. The van der Waals surface area contributed by atoms with Gasteiger partial charge >= 0.3 is 0 Å². The van der Waals surface area contributed by atoms with Crippen LogP contribution in [-0.4, -0.2) is 30.1 Å². The van der Waals surface area contributed by atoms with Crippen LogP contribution in [0.3, 0.4) is 0 Å². The minimum atomic E-state index is 0.425. The van der Waals surface area contributed by atoms with Gasteiger partial charge in [-0.2, -0.15) is 0 Å². The van der Waals surface area contributed by atoms with Gasteiger partial charge in [0.05, 0.1) is 0 Å². The molecular formula is C18H24N2. The van der Waals surface area contributed by atoms with E-state index in [-0.39, 0.29) is 0 Å². The molecule has 4 aliphatic rings. The van der Waals surface area contributed by atoms with Gasteiger partial charge in [0.1, 0.15) is 0 Å². The second kappa shape index (κ2) is 3.79. The van der Waals surface area contributed by atoms with Gasteiger partial charge in [0, 0.05) is 23.2 Å². The summed E-state index contributed by atoms with van der Waals surface area (Å²) in [6, 6.07) is 10.7. The summed E-state index contributed by atoms with van der Waals surface area (Å²) in [5.41, 5.74) is 3.49. The highest BCUT2D eigenvalue weighted by Crippen LogP contribution is 2.60. The molecule has 0 radical (unpaired) electrons. The number of nitrogens with zero attached hydrogens (tertiary/aromatic N) is 1. The lowest BCUT2D eigenvalue weighted by Gasteiger charge is -2.55. The fourth-order valence-electron chi connectivity index (χ4n) is 6.26. The zero-order valence-corrected chi connectivity index (χ0v) is 12.3. The molecule has 1 spiro atoms. The first-order chi connectivity index (χ1) is 9.84. The Kier molecular flexibility index (Phi) is 2.20. The molecule has 1 N–H and O–H groups in total. The zero-order valence-electron chi connectivity index (χ0n) is 12.3. The Labute approximate surface area is 121 Å². The standard InChI is InChI=1S/C18H24N2/c1-2-13-12-7-9-20-10-8-18(17(13)20)14-5-3-4-6-15(14)19-16(18)11-12/h3-6,12-13,16-17,19H,2,7-11H2,1H3/t12-,13-,16-,17+,18-/m0/s1.